The van der Waals surface area contributed by atoms with Crippen molar-refractivity contribution < 1.29 is 2.86 Å². The maximum absolute atomic E-state index is 12.5. The van der Waals surface area contributed by atoms with Gasteiger partial charge in [0.1, 0.15) is 0 Å². The van der Waals surface area contributed by atoms with Gasteiger partial charge in [0, 0.05) is 0 Å². The molecule has 0 spiro atoms. The average molecular weight is 272 g/mol. The Bertz CT molecular complexity index is 207. The van der Waals surface area contributed by atoms with E-state index in [1.807, 2.05) is 19.1 Å². The SMILES string of the molecule is Cc1ccc(I(F)Cl)cc1. The molecule has 1 aromatic rings. The van der Waals surface area contributed by atoms with Gasteiger partial charge in [-0.15, -0.1) is 0 Å². The van der Waals surface area contributed by atoms with E-state index in [1.54, 1.807) is 12.1 Å². The van der Waals surface area contributed by atoms with Crippen LogP contribution in [0.25, 0.3) is 0 Å². The second kappa shape index (κ2) is 3.53. The fraction of sp³-hybridized carbons (Fsp3) is 0.143. The van der Waals surface area contributed by atoms with Crippen LogP contribution in [0.4, 0.5) is 2.86 Å². The van der Waals surface area contributed by atoms with Crippen LogP contribution in [-0.2, 0) is 0 Å². The standard InChI is InChI=1S/C7H7ClFI/c1-6-2-4-7(5-3-6)10(8)9/h2-5H,1H3. The van der Waals surface area contributed by atoms with Gasteiger partial charge in [-0.1, -0.05) is 0 Å². The molecule has 0 heterocycles. The van der Waals surface area contributed by atoms with Crippen molar-refractivity contribution in [1.29, 1.82) is 0 Å². The van der Waals surface area contributed by atoms with E-state index in [2.05, 4.69) is 0 Å². The third-order valence-electron chi connectivity index (χ3n) is 1.18. The van der Waals surface area contributed by atoms with Gasteiger partial charge in [-0.2, -0.15) is 0 Å². The van der Waals surface area contributed by atoms with Crippen LogP contribution < -0.4 is 0 Å². The van der Waals surface area contributed by atoms with E-state index in [0.29, 0.717) is 3.57 Å². The van der Waals surface area contributed by atoms with Gasteiger partial charge in [0.15, 0.2) is 0 Å². The molecule has 0 amide bonds. The van der Waals surface area contributed by atoms with Crippen molar-refractivity contribution in [2.24, 2.45) is 0 Å². The van der Waals surface area contributed by atoms with Crippen LogP contribution >= 0.6 is 28.2 Å². The summed E-state index contributed by atoms with van der Waals surface area (Å²) in [5.41, 5.74) is 1.14. The van der Waals surface area contributed by atoms with E-state index >= 15 is 0 Å². The van der Waals surface area contributed by atoms with Gasteiger partial charge >= 0.3 is 71.4 Å². The summed E-state index contributed by atoms with van der Waals surface area (Å²) >= 11 is -2.73. The molecule has 0 aliphatic heterocycles. The van der Waals surface area contributed by atoms with E-state index in [-0.39, 0.29) is 0 Å². The third-order valence-corrected chi connectivity index (χ3v) is 3.94. The second-order valence-corrected chi connectivity index (χ2v) is 6.04. The minimum absolute atomic E-state index is 0.677. The normalized spacial score (nSPS) is 11.3. The maximum atomic E-state index is 12.5. The number of hydrogen-bond donors (Lipinski definition) is 0. The fourth-order valence-electron chi connectivity index (χ4n) is 0.628. The first-order valence-corrected chi connectivity index (χ1v) is 7.42. The van der Waals surface area contributed by atoms with Crippen molar-refractivity contribution in [1.82, 2.24) is 0 Å². The van der Waals surface area contributed by atoms with Crippen molar-refractivity contribution in [3.05, 3.63) is 33.4 Å². The first kappa shape index (κ1) is 8.27. The Labute approximate surface area is 71.3 Å². The van der Waals surface area contributed by atoms with Crippen molar-refractivity contribution >= 4 is 28.2 Å². The van der Waals surface area contributed by atoms with E-state index in [4.69, 9.17) is 8.91 Å². The van der Waals surface area contributed by atoms with Gasteiger partial charge < -0.3 is 0 Å². The topological polar surface area (TPSA) is 0 Å². The molecule has 0 atom stereocenters. The molecule has 1 aromatic carbocycles. The zero-order valence-corrected chi connectivity index (χ0v) is 8.36. The molecule has 0 saturated carbocycles. The molecule has 0 aliphatic carbocycles. The molecule has 0 radical (unpaired) electrons. The van der Waals surface area contributed by atoms with E-state index in [9.17, 15) is 2.86 Å². The van der Waals surface area contributed by atoms with Crippen LogP contribution in [-0.4, -0.2) is 0 Å². The van der Waals surface area contributed by atoms with Gasteiger partial charge in [0.2, 0.25) is 0 Å². The number of benzene rings is 1. The Kier molecular flexibility index (Phi) is 2.92. The third kappa shape index (κ3) is 2.09. The molecule has 1 rings (SSSR count). The number of aryl methyl sites for hydroxylation is 1. The number of rotatable bonds is 1. The van der Waals surface area contributed by atoms with Gasteiger partial charge in [-0.05, 0) is 0 Å². The van der Waals surface area contributed by atoms with Crippen molar-refractivity contribution in [2.75, 3.05) is 0 Å². The Hall–Kier alpha value is 0.170. The number of hydrogen-bond acceptors (Lipinski definition) is 0. The molecular weight excluding hydrogens is 265 g/mol. The van der Waals surface area contributed by atoms with Crippen LogP contribution in [0.3, 0.4) is 0 Å². The summed E-state index contributed by atoms with van der Waals surface area (Å²) in [6, 6.07) is 7.27. The predicted molar refractivity (Wildman–Crippen MR) is 50.9 cm³/mol. The van der Waals surface area contributed by atoms with E-state index < -0.39 is 19.3 Å². The Morgan fingerprint density at radius 2 is 1.80 bits per heavy atom. The van der Waals surface area contributed by atoms with Crippen molar-refractivity contribution in [3.8, 4) is 0 Å². The molecule has 0 N–H and O–H groups in total. The van der Waals surface area contributed by atoms with Crippen LogP contribution in [0.15, 0.2) is 24.3 Å². The van der Waals surface area contributed by atoms with Crippen LogP contribution in [0.5, 0.6) is 0 Å². The molecule has 10 heavy (non-hydrogen) atoms. The van der Waals surface area contributed by atoms with Crippen LogP contribution in [0.2, 0.25) is 0 Å². The molecule has 0 fully saturated rings. The Morgan fingerprint density at radius 1 is 1.30 bits per heavy atom. The fourth-order valence-corrected chi connectivity index (χ4v) is 2.17. The van der Waals surface area contributed by atoms with Crippen LogP contribution in [0.1, 0.15) is 5.56 Å². The molecule has 0 nitrogen and oxygen atoms in total. The summed E-state index contributed by atoms with van der Waals surface area (Å²) in [5, 5.41) is 0. The number of halogens is 3. The second-order valence-electron chi connectivity index (χ2n) is 1.99. The van der Waals surface area contributed by atoms with Crippen molar-refractivity contribution in [3.63, 3.8) is 0 Å². The Morgan fingerprint density at radius 3 is 2.20 bits per heavy atom. The van der Waals surface area contributed by atoms with Crippen LogP contribution in [0, 0.1) is 10.5 Å². The molecule has 3 heteroatoms. The zero-order chi connectivity index (χ0) is 7.56. The first-order valence-electron chi connectivity index (χ1n) is 2.80. The quantitative estimate of drug-likeness (QED) is 0.684. The zero-order valence-electron chi connectivity index (χ0n) is 5.44. The summed E-state index contributed by atoms with van der Waals surface area (Å²) in [5.74, 6) is 0. The first-order chi connectivity index (χ1) is 4.70. The summed E-state index contributed by atoms with van der Waals surface area (Å²) in [7, 11) is 5.35. The van der Waals surface area contributed by atoms with Gasteiger partial charge in [0.05, 0.1) is 0 Å². The monoisotopic (exact) mass is 272 g/mol. The summed E-state index contributed by atoms with van der Waals surface area (Å²) < 4.78 is 13.2. The van der Waals surface area contributed by atoms with Gasteiger partial charge in [-0.3, -0.25) is 0 Å². The van der Waals surface area contributed by atoms with Gasteiger partial charge in [0.25, 0.3) is 0 Å². The average Bonchev–Trinajstić information content (AvgIpc) is 1.88. The molecular formula is C7H7ClFI. The molecule has 0 bridgehead atoms. The predicted octanol–water partition coefficient (Wildman–Crippen LogP) is 3.71. The summed E-state index contributed by atoms with van der Waals surface area (Å²) in [6.45, 7) is 1.97. The van der Waals surface area contributed by atoms with E-state index in [1.165, 1.54) is 0 Å². The van der Waals surface area contributed by atoms with Gasteiger partial charge in [-0.25, -0.2) is 0 Å². The molecule has 0 unspecified atom stereocenters. The van der Waals surface area contributed by atoms with Crippen molar-refractivity contribution in [2.45, 2.75) is 6.92 Å². The minimum atomic E-state index is -2.73. The molecule has 0 aliphatic rings. The molecule has 56 valence electrons. The summed E-state index contributed by atoms with van der Waals surface area (Å²) in [6.07, 6.45) is 0. The molecule has 0 saturated heterocycles. The van der Waals surface area contributed by atoms with E-state index in [0.717, 1.165) is 5.56 Å². The Balaban J connectivity index is 2.89. The molecule has 0 aromatic heterocycles. The summed E-state index contributed by atoms with van der Waals surface area (Å²) in [4.78, 5) is 0.